The van der Waals surface area contributed by atoms with Crippen LogP contribution >= 0.6 is 0 Å². The van der Waals surface area contributed by atoms with Crippen molar-refractivity contribution in [2.45, 2.75) is 0 Å². The molecule has 1 heterocycles. The van der Waals surface area contributed by atoms with E-state index in [1.54, 1.807) is 0 Å². The Morgan fingerprint density at radius 2 is 0.929 bits per heavy atom. The van der Waals surface area contributed by atoms with Crippen LogP contribution in [0.2, 0.25) is 0 Å². The fourth-order valence-electron chi connectivity index (χ4n) is 0.658. The molecule has 0 radical (unpaired) electrons. The molecule has 5 heteroatoms. The highest BCUT2D eigenvalue weighted by Crippen LogP contribution is 2.13. The summed E-state index contributed by atoms with van der Waals surface area (Å²) in [4.78, 5) is 10.7. The van der Waals surface area contributed by atoms with E-state index in [0.29, 0.717) is 0 Å². The van der Waals surface area contributed by atoms with Gasteiger partial charge in [-0.05, 0) is 24.3 Å². The molecular formula is C9H9N3O2. The van der Waals surface area contributed by atoms with Gasteiger partial charge in [-0.15, -0.1) is 0 Å². The minimum atomic E-state index is 0.169. The summed E-state index contributed by atoms with van der Waals surface area (Å²) in [5, 5.41) is 17.3. The number of hydrogen-bond donors (Lipinski definition) is 2. The van der Waals surface area contributed by atoms with Gasteiger partial charge in [0.1, 0.15) is 30.5 Å². The lowest BCUT2D eigenvalue weighted by Gasteiger charge is -1.88. The Balaban J connectivity index is 0.000000146. The number of nitrogens with zero attached hydrogens (tertiary/aromatic N) is 3. The molecule has 0 amide bonds. The van der Waals surface area contributed by atoms with E-state index in [9.17, 15) is 0 Å². The fraction of sp³-hybridized carbons (Fsp3) is 0. The van der Waals surface area contributed by atoms with Gasteiger partial charge in [0.25, 0.3) is 0 Å². The zero-order valence-corrected chi connectivity index (χ0v) is 7.28. The first-order valence-corrected chi connectivity index (χ1v) is 3.82. The Morgan fingerprint density at radius 1 is 0.643 bits per heavy atom. The molecule has 5 nitrogen and oxygen atoms in total. The van der Waals surface area contributed by atoms with Crippen LogP contribution in [-0.4, -0.2) is 25.2 Å². The first kappa shape index (κ1) is 9.91. The van der Waals surface area contributed by atoms with E-state index in [0.717, 1.165) is 0 Å². The third kappa shape index (κ3) is 4.01. The van der Waals surface area contributed by atoms with Crippen LogP contribution in [0.15, 0.2) is 43.2 Å². The molecule has 14 heavy (non-hydrogen) atoms. The van der Waals surface area contributed by atoms with Gasteiger partial charge >= 0.3 is 0 Å². The first-order chi connectivity index (χ1) is 6.79. The maximum atomic E-state index is 8.65. The zero-order chi connectivity index (χ0) is 10.2. The number of hydrogen-bond acceptors (Lipinski definition) is 5. The van der Waals surface area contributed by atoms with E-state index < -0.39 is 0 Å². The van der Waals surface area contributed by atoms with E-state index >= 15 is 0 Å². The second-order valence-corrected chi connectivity index (χ2v) is 2.31. The molecule has 0 saturated carbocycles. The van der Waals surface area contributed by atoms with Gasteiger partial charge in [-0.3, -0.25) is 0 Å². The summed E-state index contributed by atoms with van der Waals surface area (Å²) in [5.41, 5.74) is 0. The van der Waals surface area contributed by atoms with Crippen molar-refractivity contribution in [1.29, 1.82) is 0 Å². The Morgan fingerprint density at radius 3 is 1.14 bits per heavy atom. The maximum absolute atomic E-state index is 8.65. The van der Waals surface area contributed by atoms with E-state index in [4.69, 9.17) is 10.2 Å². The lowest BCUT2D eigenvalue weighted by atomic mass is 10.3. The number of phenols is 2. The summed E-state index contributed by atoms with van der Waals surface area (Å²) in [6.45, 7) is 0. The number of aromatic hydroxyl groups is 2. The first-order valence-electron chi connectivity index (χ1n) is 3.82. The van der Waals surface area contributed by atoms with Crippen molar-refractivity contribution in [3.63, 3.8) is 0 Å². The predicted octanol–water partition coefficient (Wildman–Crippen LogP) is 0.969. The van der Waals surface area contributed by atoms with E-state index in [1.165, 1.54) is 43.2 Å². The Hall–Kier alpha value is -2.17. The van der Waals surface area contributed by atoms with Crippen LogP contribution in [0.25, 0.3) is 0 Å². The van der Waals surface area contributed by atoms with E-state index in [-0.39, 0.29) is 11.5 Å². The molecule has 1 aromatic heterocycles. The summed E-state index contributed by atoms with van der Waals surface area (Å²) in [6, 6.07) is 5.70. The van der Waals surface area contributed by atoms with Gasteiger partial charge in [-0.25, -0.2) is 15.0 Å². The van der Waals surface area contributed by atoms with Gasteiger partial charge < -0.3 is 10.2 Å². The minimum Gasteiger partial charge on any atom is -0.508 e. The topological polar surface area (TPSA) is 79.1 Å². The molecule has 0 aliphatic heterocycles. The smallest absolute Gasteiger partial charge is 0.119 e. The highest BCUT2D eigenvalue weighted by atomic mass is 16.3. The van der Waals surface area contributed by atoms with Crippen LogP contribution in [0, 0.1) is 0 Å². The van der Waals surface area contributed by atoms with Crippen molar-refractivity contribution in [1.82, 2.24) is 15.0 Å². The molecule has 2 rings (SSSR count). The van der Waals surface area contributed by atoms with Crippen LogP contribution in [0.5, 0.6) is 11.5 Å². The monoisotopic (exact) mass is 191 g/mol. The summed E-state index contributed by atoms with van der Waals surface area (Å²) in [7, 11) is 0. The molecule has 0 bridgehead atoms. The molecule has 72 valence electrons. The van der Waals surface area contributed by atoms with E-state index in [2.05, 4.69) is 15.0 Å². The molecule has 2 aromatic rings. The second kappa shape index (κ2) is 5.47. The largest absolute Gasteiger partial charge is 0.508 e. The van der Waals surface area contributed by atoms with Crippen LogP contribution in [-0.2, 0) is 0 Å². The summed E-state index contributed by atoms with van der Waals surface area (Å²) in [5.74, 6) is 0.339. The number of rotatable bonds is 0. The van der Waals surface area contributed by atoms with Gasteiger partial charge in [0.2, 0.25) is 0 Å². The molecule has 2 N–H and O–H groups in total. The van der Waals surface area contributed by atoms with Crippen LogP contribution in [0.1, 0.15) is 0 Å². The van der Waals surface area contributed by atoms with Gasteiger partial charge in [0.05, 0.1) is 0 Å². The quantitative estimate of drug-likeness (QED) is 0.606. The molecule has 0 fully saturated rings. The Kier molecular flexibility index (Phi) is 3.87. The lowest BCUT2D eigenvalue weighted by molar-refractivity contribution is 0.460. The molecule has 0 aliphatic carbocycles. The van der Waals surface area contributed by atoms with Crippen LogP contribution in [0.4, 0.5) is 0 Å². The van der Waals surface area contributed by atoms with Gasteiger partial charge in [-0.2, -0.15) is 0 Å². The van der Waals surface area contributed by atoms with Crippen molar-refractivity contribution in [2.75, 3.05) is 0 Å². The molecule has 0 spiro atoms. The van der Waals surface area contributed by atoms with E-state index in [1.807, 2.05) is 0 Å². The highest BCUT2D eigenvalue weighted by Gasteiger charge is 1.84. The SMILES string of the molecule is Oc1ccc(O)cc1.c1ncncn1. The average molecular weight is 191 g/mol. The third-order valence-electron chi connectivity index (χ3n) is 1.25. The van der Waals surface area contributed by atoms with Gasteiger partial charge in [0, 0.05) is 0 Å². The number of aromatic nitrogens is 3. The van der Waals surface area contributed by atoms with Gasteiger partial charge in [0.15, 0.2) is 0 Å². The summed E-state index contributed by atoms with van der Waals surface area (Å²) in [6.07, 6.45) is 4.31. The maximum Gasteiger partial charge on any atom is 0.119 e. The standard InChI is InChI=1S/C6H6O2.C3H3N3/c7-5-1-2-6(8)4-3-5;1-4-2-6-3-5-1/h1-4,7-8H;1-3H. The van der Waals surface area contributed by atoms with Crippen molar-refractivity contribution >= 4 is 0 Å². The third-order valence-corrected chi connectivity index (χ3v) is 1.25. The van der Waals surface area contributed by atoms with Crippen LogP contribution in [0.3, 0.4) is 0 Å². The molecule has 1 aromatic carbocycles. The molecule has 0 atom stereocenters. The molecule has 0 saturated heterocycles. The molecular weight excluding hydrogens is 182 g/mol. The summed E-state index contributed by atoms with van der Waals surface area (Å²) < 4.78 is 0. The van der Waals surface area contributed by atoms with Gasteiger partial charge in [-0.1, -0.05) is 0 Å². The van der Waals surface area contributed by atoms with Crippen LogP contribution < -0.4 is 0 Å². The minimum absolute atomic E-state index is 0.169. The predicted molar refractivity (Wildman–Crippen MR) is 49.6 cm³/mol. The van der Waals surface area contributed by atoms with Crippen molar-refractivity contribution in [3.8, 4) is 11.5 Å². The highest BCUT2D eigenvalue weighted by molar-refractivity contribution is 5.28. The second-order valence-electron chi connectivity index (χ2n) is 2.31. The fourth-order valence-corrected chi connectivity index (χ4v) is 0.658. The van der Waals surface area contributed by atoms with Crippen molar-refractivity contribution in [3.05, 3.63) is 43.2 Å². The normalized spacial score (nSPS) is 8.57. The Bertz CT molecular complexity index is 302. The number of phenolic OH excluding ortho intramolecular Hbond substituents is 2. The Labute approximate surface area is 80.7 Å². The van der Waals surface area contributed by atoms with Crippen molar-refractivity contribution < 1.29 is 10.2 Å². The molecule has 0 unspecified atom stereocenters. The number of benzene rings is 1. The lowest BCUT2D eigenvalue weighted by Crippen LogP contribution is -1.73. The van der Waals surface area contributed by atoms with Crippen molar-refractivity contribution in [2.24, 2.45) is 0 Å². The zero-order valence-electron chi connectivity index (χ0n) is 7.28. The summed E-state index contributed by atoms with van der Waals surface area (Å²) >= 11 is 0. The average Bonchev–Trinajstić information content (AvgIpc) is 2.26. The molecule has 0 aliphatic rings.